The maximum absolute atomic E-state index is 10.1. The van der Waals surface area contributed by atoms with E-state index in [1.807, 2.05) is 24.3 Å². The van der Waals surface area contributed by atoms with Gasteiger partial charge in [-0.05, 0) is 60.2 Å². The number of benzene rings is 2. The first-order valence-corrected chi connectivity index (χ1v) is 8.43. The number of pyridine rings is 1. The first kappa shape index (κ1) is 14.8. The van der Waals surface area contributed by atoms with E-state index in [-0.39, 0.29) is 5.75 Å². The summed E-state index contributed by atoms with van der Waals surface area (Å²) in [7, 11) is 0. The molecule has 1 aliphatic rings. The maximum Gasteiger partial charge on any atom is 0.141 e. The van der Waals surface area contributed by atoms with Gasteiger partial charge in [0.25, 0.3) is 0 Å². The van der Waals surface area contributed by atoms with Crippen molar-refractivity contribution >= 4 is 34.1 Å². The molecule has 2 aromatic carbocycles. The van der Waals surface area contributed by atoms with Gasteiger partial charge in [-0.1, -0.05) is 35.3 Å². The number of aromatic nitrogens is 1. The molecule has 0 spiro atoms. The lowest BCUT2D eigenvalue weighted by atomic mass is 10.00. The molecule has 2 nitrogen and oxygen atoms in total. The van der Waals surface area contributed by atoms with Crippen LogP contribution in [0.2, 0.25) is 10.0 Å². The number of phenols is 1. The predicted octanol–water partition coefficient (Wildman–Crippen LogP) is 5.72. The SMILES string of the molecule is Oc1ccc(Cl)c2cc(C3CC3)c(Cc3ccc(Cl)cc3)nc12. The highest BCUT2D eigenvalue weighted by molar-refractivity contribution is 6.35. The van der Waals surface area contributed by atoms with E-state index >= 15 is 0 Å². The van der Waals surface area contributed by atoms with E-state index in [1.54, 1.807) is 12.1 Å². The van der Waals surface area contributed by atoms with Crippen LogP contribution in [0.1, 0.15) is 35.6 Å². The summed E-state index contributed by atoms with van der Waals surface area (Å²) >= 11 is 12.2. The fraction of sp³-hybridized carbons (Fsp3) is 0.211. The monoisotopic (exact) mass is 343 g/mol. The van der Waals surface area contributed by atoms with Gasteiger partial charge >= 0.3 is 0 Å². The Hall–Kier alpha value is -1.77. The van der Waals surface area contributed by atoms with Crippen LogP contribution in [0.25, 0.3) is 10.9 Å². The standard InChI is InChI=1S/C19H15Cl2NO/c20-13-5-1-11(2-6-13)9-17-14(12-3-4-12)10-15-16(21)7-8-18(23)19(15)22-17/h1-2,5-8,10,12,23H,3-4,9H2. The van der Waals surface area contributed by atoms with Crippen LogP contribution in [0.15, 0.2) is 42.5 Å². The molecule has 0 atom stereocenters. The van der Waals surface area contributed by atoms with Crippen LogP contribution < -0.4 is 0 Å². The summed E-state index contributed by atoms with van der Waals surface area (Å²) in [4.78, 5) is 4.75. The van der Waals surface area contributed by atoms with Crippen LogP contribution in [0.3, 0.4) is 0 Å². The zero-order chi connectivity index (χ0) is 16.0. The van der Waals surface area contributed by atoms with Crippen molar-refractivity contribution in [3.05, 3.63) is 69.3 Å². The minimum atomic E-state index is 0.170. The van der Waals surface area contributed by atoms with Crippen molar-refractivity contribution in [2.45, 2.75) is 25.2 Å². The molecular weight excluding hydrogens is 329 g/mol. The molecule has 116 valence electrons. The second kappa shape index (κ2) is 5.70. The van der Waals surface area contributed by atoms with Gasteiger partial charge in [0, 0.05) is 22.5 Å². The zero-order valence-electron chi connectivity index (χ0n) is 12.4. The van der Waals surface area contributed by atoms with E-state index in [2.05, 4.69) is 6.07 Å². The minimum Gasteiger partial charge on any atom is -0.506 e. The van der Waals surface area contributed by atoms with Crippen LogP contribution in [0.4, 0.5) is 0 Å². The Labute approximate surface area is 144 Å². The van der Waals surface area contributed by atoms with Gasteiger partial charge in [0.1, 0.15) is 11.3 Å². The topological polar surface area (TPSA) is 33.1 Å². The van der Waals surface area contributed by atoms with Crippen LogP contribution >= 0.6 is 23.2 Å². The average molecular weight is 344 g/mol. The summed E-state index contributed by atoms with van der Waals surface area (Å²) in [6, 6.07) is 13.2. The lowest BCUT2D eigenvalue weighted by Crippen LogP contribution is -2.00. The minimum absolute atomic E-state index is 0.170. The molecule has 1 fully saturated rings. The van der Waals surface area contributed by atoms with Crippen LogP contribution in [-0.4, -0.2) is 10.1 Å². The van der Waals surface area contributed by atoms with Gasteiger partial charge in [-0.2, -0.15) is 0 Å². The molecule has 1 heterocycles. The Morgan fingerprint density at radius 2 is 1.78 bits per heavy atom. The molecule has 1 saturated carbocycles. The molecular formula is C19H15Cl2NO. The molecule has 3 aromatic rings. The molecule has 23 heavy (non-hydrogen) atoms. The van der Waals surface area contributed by atoms with Crippen molar-refractivity contribution in [3.8, 4) is 5.75 Å². The number of halogens is 2. The maximum atomic E-state index is 10.1. The van der Waals surface area contributed by atoms with Crippen LogP contribution in [0.5, 0.6) is 5.75 Å². The number of nitrogens with zero attached hydrogens (tertiary/aromatic N) is 1. The molecule has 1 aliphatic carbocycles. The van der Waals surface area contributed by atoms with Gasteiger partial charge in [0.05, 0.1) is 5.02 Å². The molecule has 0 amide bonds. The third-order valence-electron chi connectivity index (χ3n) is 4.32. The number of fused-ring (bicyclic) bond motifs is 1. The predicted molar refractivity (Wildman–Crippen MR) is 94.7 cm³/mol. The van der Waals surface area contributed by atoms with Crippen molar-refractivity contribution in [2.24, 2.45) is 0 Å². The van der Waals surface area contributed by atoms with E-state index in [1.165, 1.54) is 18.4 Å². The van der Waals surface area contributed by atoms with E-state index in [9.17, 15) is 5.11 Å². The number of hydrogen-bond donors (Lipinski definition) is 1. The molecule has 4 heteroatoms. The Morgan fingerprint density at radius 3 is 2.48 bits per heavy atom. The Balaban J connectivity index is 1.85. The zero-order valence-corrected chi connectivity index (χ0v) is 13.9. The molecule has 4 rings (SSSR count). The fourth-order valence-corrected chi connectivity index (χ4v) is 3.28. The van der Waals surface area contributed by atoms with E-state index in [0.29, 0.717) is 16.5 Å². The van der Waals surface area contributed by atoms with Gasteiger partial charge in [-0.15, -0.1) is 0 Å². The molecule has 0 saturated heterocycles. The summed E-state index contributed by atoms with van der Waals surface area (Å²) in [5.41, 5.74) is 4.00. The lowest BCUT2D eigenvalue weighted by Gasteiger charge is -2.12. The van der Waals surface area contributed by atoms with Crippen molar-refractivity contribution in [2.75, 3.05) is 0 Å². The lowest BCUT2D eigenvalue weighted by molar-refractivity contribution is 0.480. The number of phenolic OH excluding ortho intramolecular Hbond substituents is 1. The largest absolute Gasteiger partial charge is 0.506 e. The van der Waals surface area contributed by atoms with Gasteiger partial charge in [-0.25, -0.2) is 4.98 Å². The van der Waals surface area contributed by atoms with Crippen molar-refractivity contribution in [3.63, 3.8) is 0 Å². The van der Waals surface area contributed by atoms with Gasteiger partial charge in [0.2, 0.25) is 0 Å². The molecule has 1 N–H and O–H groups in total. The summed E-state index contributed by atoms with van der Waals surface area (Å²) in [5, 5.41) is 12.3. The van der Waals surface area contributed by atoms with Crippen molar-refractivity contribution < 1.29 is 5.11 Å². The van der Waals surface area contributed by atoms with E-state index in [4.69, 9.17) is 28.2 Å². The average Bonchev–Trinajstić information content (AvgIpc) is 3.38. The molecule has 0 unspecified atom stereocenters. The van der Waals surface area contributed by atoms with Gasteiger partial charge in [0.15, 0.2) is 0 Å². The van der Waals surface area contributed by atoms with Crippen molar-refractivity contribution in [1.29, 1.82) is 0 Å². The normalized spacial score (nSPS) is 14.3. The summed E-state index contributed by atoms with van der Waals surface area (Å²) in [6.45, 7) is 0. The Morgan fingerprint density at radius 1 is 1.04 bits per heavy atom. The Kier molecular flexibility index (Phi) is 3.67. The Bertz CT molecular complexity index is 886. The van der Waals surface area contributed by atoms with E-state index < -0.39 is 0 Å². The van der Waals surface area contributed by atoms with Gasteiger partial charge in [-0.3, -0.25) is 0 Å². The highest BCUT2D eigenvalue weighted by atomic mass is 35.5. The second-order valence-corrected chi connectivity index (χ2v) is 6.91. The molecule has 0 aliphatic heterocycles. The van der Waals surface area contributed by atoms with Gasteiger partial charge < -0.3 is 5.11 Å². The first-order chi connectivity index (χ1) is 11.1. The third-order valence-corrected chi connectivity index (χ3v) is 4.91. The number of aromatic hydroxyl groups is 1. The second-order valence-electron chi connectivity index (χ2n) is 6.06. The highest BCUT2D eigenvalue weighted by Gasteiger charge is 2.27. The van der Waals surface area contributed by atoms with E-state index in [0.717, 1.165) is 28.1 Å². The molecule has 1 aromatic heterocycles. The van der Waals surface area contributed by atoms with Crippen molar-refractivity contribution in [1.82, 2.24) is 4.98 Å². The molecule has 0 radical (unpaired) electrons. The first-order valence-electron chi connectivity index (χ1n) is 7.67. The summed E-state index contributed by atoms with van der Waals surface area (Å²) in [5.74, 6) is 0.733. The van der Waals surface area contributed by atoms with Crippen LogP contribution in [0, 0.1) is 0 Å². The summed E-state index contributed by atoms with van der Waals surface area (Å²) < 4.78 is 0. The highest BCUT2D eigenvalue weighted by Crippen LogP contribution is 2.44. The number of rotatable bonds is 3. The third kappa shape index (κ3) is 2.89. The smallest absolute Gasteiger partial charge is 0.141 e. The summed E-state index contributed by atoms with van der Waals surface area (Å²) in [6.07, 6.45) is 3.11. The van der Waals surface area contributed by atoms with Crippen LogP contribution in [-0.2, 0) is 6.42 Å². The quantitative estimate of drug-likeness (QED) is 0.660. The molecule has 0 bridgehead atoms. The fourth-order valence-electron chi connectivity index (χ4n) is 2.95. The number of hydrogen-bond acceptors (Lipinski definition) is 2.